The summed E-state index contributed by atoms with van der Waals surface area (Å²) in [5, 5.41) is 11.1. The molecule has 0 N–H and O–H groups in total. The van der Waals surface area contributed by atoms with Crippen molar-refractivity contribution in [1.82, 2.24) is 4.90 Å². The maximum Gasteiger partial charge on any atom is 0.282 e. The molecule has 0 saturated heterocycles. The Labute approximate surface area is 195 Å². The van der Waals surface area contributed by atoms with Crippen molar-refractivity contribution in [3.05, 3.63) is 105 Å². The van der Waals surface area contributed by atoms with Crippen LogP contribution in [0, 0.1) is 10.1 Å². The number of benzene rings is 3. The highest BCUT2D eigenvalue weighted by Crippen LogP contribution is 2.40. The number of fused-ring (bicyclic) bond motifs is 1. The third-order valence-corrected chi connectivity index (χ3v) is 6.20. The Morgan fingerprint density at radius 1 is 0.882 bits per heavy atom. The van der Waals surface area contributed by atoms with Crippen molar-refractivity contribution in [1.29, 1.82) is 0 Å². The summed E-state index contributed by atoms with van der Waals surface area (Å²) in [7, 11) is 1.48. The number of ether oxygens (including phenoxy) is 1. The van der Waals surface area contributed by atoms with Gasteiger partial charge in [0, 0.05) is 25.2 Å². The van der Waals surface area contributed by atoms with Gasteiger partial charge in [-0.2, -0.15) is 0 Å². The first-order valence-electron chi connectivity index (χ1n) is 10.8. The molecule has 34 heavy (non-hydrogen) atoms. The van der Waals surface area contributed by atoms with Crippen LogP contribution in [0.15, 0.2) is 78.5 Å². The van der Waals surface area contributed by atoms with Crippen LogP contribution < -0.4 is 9.64 Å². The number of amides is 2. The van der Waals surface area contributed by atoms with Gasteiger partial charge in [0.1, 0.15) is 11.4 Å². The molecule has 8 heteroatoms. The summed E-state index contributed by atoms with van der Waals surface area (Å²) in [4.78, 5) is 41.2. The second-order valence-electron chi connectivity index (χ2n) is 8.09. The van der Waals surface area contributed by atoms with Crippen LogP contribution >= 0.6 is 0 Å². The largest absolute Gasteiger partial charge is 0.495 e. The smallest absolute Gasteiger partial charge is 0.282 e. The Kier molecular flexibility index (Phi) is 5.33. The summed E-state index contributed by atoms with van der Waals surface area (Å²) >= 11 is 0. The molecule has 5 rings (SSSR count). The van der Waals surface area contributed by atoms with Gasteiger partial charge in [0.05, 0.1) is 23.3 Å². The van der Waals surface area contributed by atoms with E-state index in [0.717, 1.165) is 16.9 Å². The number of non-ortho nitro benzene ring substituents is 1. The lowest BCUT2D eigenvalue weighted by Crippen LogP contribution is -2.37. The molecule has 0 fully saturated rings. The molecule has 0 saturated carbocycles. The Morgan fingerprint density at radius 3 is 2.26 bits per heavy atom. The zero-order valence-electron chi connectivity index (χ0n) is 18.4. The van der Waals surface area contributed by atoms with Crippen LogP contribution in [0.4, 0.5) is 11.4 Å². The van der Waals surface area contributed by atoms with Crippen molar-refractivity contribution < 1.29 is 19.2 Å². The predicted octanol–water partition coefficient (Wildman–Crippen LogP) is 3.95. The van der Waals surface area contributed by atoms with E-state index in [9.17, 15) is 19.7 Å². The van der Waals surface area contributed by atoms with Gasteiger partial charge in [0.25, 0.3) is 17.5 Å². The average Bonchev–Trinajstić information content (AvgIpc) is 3.13. The standard InChI is InChI=1S/C26H21N3O5/c1-34-22-9-5-4-8-21(22)28-25(30)23(18-10-12-20(13-11-18)29(32)33)24(26(28)31)27-15-14-17-6-2-3-7-19(17)16-27/h2-13H,14-16H2,1H3. The SMILES string of the molecule is COc1ccccc1N1C(=O)C(c2ccc([N+](=O)[O-])cc2)=C(N2CCc3ccccc3C2)C1=O. The monoisotopic (exact) mass is 455 g/mol. The molecule has 0 radical (unpaired) electrons. The van der Waals surface area contributed by atoms with E-state index in [1.807, 2.05) is 23.1 Å². The molecule has 0 unspecified atom stereocenters. The summed E-state index contributed by atoms with van der Waals surface area (Å²) < 4.78 is 5.41. The van der Waals surface area contributed by atoms with Gasteiger partial charge in [-0.3, -0.25) is 19.7 Å². The zero-order chi connectivity index (χ0) is 23.8. The van der Waals surface area contributed by atoms with Crippen molar-refractivity contribution >= 4 is 28.8 Å². The molecule has 2 amide bonds. The van der Waals surface area contributed by atoms with Crippen LogP contribution in [0.1, 0.15) is 16.7 Å². The number of methoxy groups -OCH3 is 1. The van der Waals surface area contributed by atoms with E-state index >= 15 is 0 Å². The van der Waals surface area contributed by atoms with Crippen molar-refractivity contribution in [3.63, 3.8) is 0 Å². The fourth-order valence-corrected chi connectivity index (χ4v) is 4.54. The fraction of sp³-hybridized carbons (Fsp3) is 0.154. The molecule has 0 atom stereocenters. The number of hydrogen-bond acceptors (Lipinski definition) is 6. The van der Waals surface area contributed by atoms with Crippen molar-refractivity contribution in [2.75, 3.05) is 18.6 Å². The highest BCUT2D eigenvalue weighted by molar-refractivity contribution is 6.45. The number of imide groups is 1. The Bertz CT molecular complexity index is 1350. The van der Waals surface area contributed by atoms with Gasteiger partial charge in [-0.05, 0) is 47.4 Å². The summed E-state index contributed by atoms with van der Waals surface area (Å²) in [6.45, 7) is 1.06. The van der Waals surface area contributed by atoms with Crippen LogP contribution in [-0.2, 0) is 22.6 Å². The normalized spacial score (nSPS) is 15.6. The van der Waals surface area contributed by atoms with E-state index in [-0.39, 0.29) is 11.3 Å². The van der Waals surface area contributed by atoms with E-state index in [1.54, 1.807) is 24.3 Å². The van der Waals surface area contributed by atoms with E-state index in [1.165, 1.54) is 36.9 Å². The van der Waals surface area contributed by atoms with Gasteiger partial charge in [0.15, 0.2) is 0 Å². The van der Waals surface area contributed by atoms with E-state index in [4.69, 9.17) is 4.74 Å². The molecular formula is C26H21N3O5. The van der Waals surface area contributed by atoms with E-state index in [0.29, 0.717) is 35.8 Å². The summed E-state index contributed by atoms with van der Waals surface area (Å²) in [5.74, 6) is -0.531. The molecule has 2 aliphatic rings. The highest BCUT2D eigenvalue weighted by Gasteiger charge is 2.44. The number of nitro benzene ring substituents is 1. The summed E-state index contributed by atoms with van der Waals surface area (Å²) in [6, 6.07) is 20.6. The van der Waals surface area contributed by atoms with Gasteiger partial charge in [0.2, 0.25) is 0 Å². The highest BCUT2D eigenvalue weighted by atomic mass is 16.6. The third kappa shape index (κ3) is 3.49. The number of nitrogens with zero attached hydrogens (tertiary/aromatic N) is 3. The predicted molar refractivity (Wildman–Crippen MR) is 126 cm³/mol. The molecule has 0 bridgehead atoms. The first-order valence-corrected chi connectivity index (χ1v) is 10.8. The maximum atomic E-state index is 13.8. The van der Waals surface area contributed by atoms with Crippen LogP contribution in [0.5, 0.6) is 5.75 Å². The quantitative estimate of drug-likeness (QED) is 0.329. The van der Waals surface area contributed by atoms with Crippen LogP contribution in [0.3, 0.4) is 0 Å². The molecule has 8 nitrogen and oxygen atoms in total. The van der Waals surface area contributed by atoms with Gasteiger partial charge < -0.3 is 9.64 Å². The minimum Gasteiger partial charge on any atom is -0.495 e. The molecule has 3 aromatic rings. The molecular weight excluding hydrogens is 434 g/mol. The lowest BCUT2D eigenvalue weighted by atomic mass is 9.98. The molecule has 0 spiro atoms. The minimum atomic E-state index is -0.497. The molecule has 0 aliphatic carbocycles. The van der Waals surface area contributed by atoms with E-state index < -0.39 is 16.7 Å². The van der Waals surface area contributed by atoms with Crippen molar-refractivity contribution in [2.45, 2.75) is 13.0 Å². The van der Waals surface area contributed by atoms with Crippen LogP contribution in [0.25, 0.3) is 5.57 Å². The number of hydrogen-bond donors (Lipinski definition) is 0. The van der Waals surface area contributed by atoms with Gasteiger partial charge >= 0.3 is 0 Å². The fourth-order valence-electron chi connectivity index (χ4n) is 4.54. The van der Waals surface area contributed by atoms with Crippen LogP contribution in [-0.4, -0.2) is 35.3 Å². The number of carbonyl (C=O) groups is 2. The summed E-state index contributed by atoms with van der Waals surface area (Å²) in [5.41, 5.74) is 3.55. The third-order valence-electron chi connectivity index (χ3n) is 6.20. The second-order valence-corrected chi connectivity index (χ2v) is 8.09. The van der Waals surface area contributed by atoms with Crippen molar-refractivity contribution in [3.8, 4) is 5.75 Å². The second kappa shape index (κ2) is 8.47. The number of carbonyl (C=O) groups excluding carboxylic acids is 2. The number of nitro groups is 1. The topological polar surface area (TPSA) is 93.0 Å². The maximum absolute atomic E-state index is 13.8. The van der Waals surface area contributed by atoms with Gasteiger partial charge in [-0.25, -0.2) is 4.90 Å². The number of anilines is 1. The first-order chi connectivity index (χ1) is 16.5. The number of rotatable bonds is 5. The molecule has 2 aliphatic heterocycles. The van der Waals surface area contributed by atoms with E-state index in [2.05, 4.69) is 6.07 Å². The zero-order valence-corrected chi connectivity index (χ0v) is 18.4. The number of para-hydroxylation sites is 2. The Morgan fingerprint density at radius 2 is 1.56 bits per heavy atom. The Hall–Kier alpha value is -4.46. The van der Waals surface area contributed by atoms with Gasteiger partial charge in [-0.15, -0.1) is 0 Å². The van der Waals surface area contributed by atoms with Crippen LogP contribution in [0.2, 0.25) is 0 Å². The first kappa shape index (κ1) is 21.4. The lowest BCUT2D eigenvalue weighted by Gasteiger charge is -2.31. The molecule has 0 aromatic heterocycles. The Balaban J connectivity index is 1.63. The van der Waals surface area contributed by atoms with Crippen molar-refractivity contribution in [2.24, 2.45) is 0 Å². The lowest BCUT2D eigenvalue weighted by molar-refractivity contribution is -0.384. The average molecular weight is 455 g/mol. The van der Waals surface area contributed by atoms with Gasteiger partial charge in [-0.1, -0.05) is 36.4 Å². The minimum absolute atomic E-state index is 0.0869. The molecule has 3 aromatic carbocycles. The summed E-state index contributed by atoms with van der Waals surface area (Å²) in [6.07, 6.45) is 0.739. The molecule has 170 valence electrons. The molecule has 2 heterocycles.